The molecule has 2 aliphatic heterocycles. The lowest BCUT2D eigenvalue weighted by Crippen LogP contribution is -2.44. The van der Waals surface area contributed by atoms with Crippen LogP contribution < -0.4 is 15.0 Å². The van der Waals surface area contributed by atoms with E-state index in [1.807, 2.05) is 49.4 Å². The van der Waals surface area contributed by atoms with Crippen LogP contribution in [0.2, 0.25) is 0 Å². The molecule has 0 spiro atoms. The van der Waals surface area contributed by atoms with Crippen LogP contribution in [-0.4, -0.2) is 59.6 Å². The molecule has 1 aromatic heterocycles. The molecule has 3 heterocycles. The molecule has 1 N–H and O–H groups in total. The molecule has 0 unspecified atom stereocenters. The number of benzene rings is 2. The van der Waals surface area contributed by atoms with Crippen molar-refractivity contribution < 1.29 is 9.53 Å². The Balaban J connectivity index is 1.18. The number of nitrogens with one attached hydrogen (secondary N) is 1. The fraction of sp³-hybridized carbons (Fsp3) is 0.483. The second-order valence-electron chi connectivity index (χ2n) is 10.0. The van der Waals surface area contributed by atoms with Crippen molar-refractivity contribution in [1.29, 1.82) is 0 Å². The minimum absolute atomic E-state index is 0.0348. The molecular formula is C29H37N5O2. The van der Waals surface area contributed by atoms with Crippen LogP contribution in [-0.2, 0) is 11.2 Å². The highest BCUT2D eigenvalue weighted by Gasteiger charge is 2.27. The van der Waals surface area contributed by atoms with Crippen molar-refractivity contribution in [3.63, 3.8) is 0 Å². The lowest BCUT2D eigenvalue weighted by atomic mass is 10.0. The fourth-order valence-electron chi connectivity index (χ4n) is 5.41. The molecule has 7 heteroatoms. The Hall–Kier alpha value is -3.19. The van der Waals surface area contributed by atoms with Gasteiger partial charge in [0.15, 0.2) is 6.61 Å². The maximum Gasteiger partial charge on any atom is 0.262 e. The van der Waals surface area contributed by atoms with Gasteiger partial charge in [-0.1, -0.05) is 25.5 Å². The summed E-state index contributed by atoms with van der Waals surface area (Å²) < 4.78 is 5.66. The summed E-state index contributed by atoms with van der Waals surface area (Å²) in [4.78, 5) is 27.2. The number of carbonyl (C=O) groups is 1. The first-order valence-electron chi connectivity index (χ1n) is 13.4. The minimum Gasteiger partial charge on any atom is -0.484 e. The average molecular weight is 488 g/mol. The Kier molecular flexibility index (Phi) is 7.66. The number of ether oxygens (including phenoxy) is 1. The number of hydrogen-bond donors (Lipinski definition) is 1. The lowest BCUT2D eigenvalue weighted by Gasteiger charge is -2.36. The maximum atomic E-state index is 12.5. The number of anilines is 2. The van der Waals surface area contributed by atoms with Gasteiger partial charge in [0.25, 0.3) is 5.91 Å². The van der Waals surface area contributed by atoms with Crippen LogP contribution in [0.5, 0.6) is 5.75 Å². The molecule has 0 bridgehead atoms. The molecule has 190 valence electrons. The summed E-state index contributed by atoms with van der Waals surface area (Å²) in [5.74, 6) is 1.32. The normalized spacial score (nSPS) is 17.0. The number of piperidine rings is 1. The average Bonchev–Trinajstić information content (AvgIpc) is 3.44. The van der Waals surface area contributed by atoms with Gasteiger partial charge in [0.2, 0.25) is 5.95 Å². The summed E-state index contributed by atoms with van der Waals surface area (Å²) in [5, 5.41) is 3.89. The Morgan fingerprint density at radius 2 is 1.78 bits per heavy atom. The number of likely N-dealkylation sites (tertiary alicyclic amines) is 1. The molecule has 0 aliphatic carbocycles. The van der Waals surface area contributed by atoms with Gasteiger partial charge in [-0.3, -0.25) is 4.79 Å². The van der Waals surface area contributed by atoms with E-state index in [1.54, 1.807) is 0 Å². The first kappa shape index (κ1) is 24.5. The van der Waals surface area contributed by atoms with Gasteiger partial charge in [-0.15, -0.1) is 0 Å². The summed E-state index contributed by atoms with van der Waals surface area (Å²) in [6, 6.07) is 14.5. The molecule has 7 nitrogen and oxygen atoms in total. The van der Waals surface area contributed by atoms with E-state index in [0.717, 1.165) is 54.2 Å². The zero-order valence-corrected chi connectivity index (χ0v) is 21.5. The highest BCUT2D eigenvalue weighted by molar-refractivity contribution is 5.95. The van der Waals surface area contributed by atoms with E-state index in [0.29, 0.717) is 11.8 Å². The van der Waals surface area contributed by atoms with Crippen molar-refractivity contribution in [3.8, 4) is 5.75 Å². The third-order valence-electron chi connectivity index (χ3n) is 7.39. The van der Waals surface area contributed by atoms with Crippen LogP contribution >= 0.6 is 0 Å². The van der Waals surface area contributed by atoms with Gasteiger partial charge in [0, 0.05) is 30.2 Å². The maximum absolute atomic E-state index is 12.5. The molecule has 2 saturated heterocycles. The molecule has 0 saturated carbocycles. The minimum atomic E-state index is -0.192. The molecule has 2 aliphatic rings. The zero-order chi connectivity index (χ0) is 24.9. The number of nitrogens with zero attached hydrogens (tertiary/aromatic N) is 4. The van der Waals surface area contributed by atoms with Crippen molar-refractivity contribution in [2.45, 2.75) is 58.4 Å². The van der Waals surface area contributed by atoms with Gasteiger partial charge in [0.05, 0.1) is 11.2 Å². The quantitative estimate of drug-likeness (QED) is 0.484. The second kappa shape index (κ2) is 11.2. The van der Waals surface area contributed by atoms with Crippen LogP contribution in [0.25, 0.3) is 10.9 Å². The summed E-state index contributed by atoms with van der Waals surface area (Å²) in [6.45, 7) is 8.66. The number of amides is 1. The summed E-state index contributed by atoms with van der Waals surface area (Å²) in [6.07, 6.45) is 7.19. The number of hydrogen-bond acceptors (Lipinski definition) is 6. The molecule has 3 aromatic rings. The molecule has 36 heavy (non-hydrogen) atoms. The summed E-state index contributed by atoms with van der Waals surface area (Å²) in [7, 11) is 0. The Labute approximate surface area is 213 Å². The Morgan fingerprint density at radius 3 is 2.50 bits per heavy atom. The molecule has 2 fully saturated rings. The number of aromatic nitrogens is 2. The second-order valence-corrected chi connectivity index (χ2v) is 10.0. The number of carbonyl (C=O) groups excluding carboxylic acids is 1. The van der Waals surface area contributed by atoms with E-state index in [1.165, 1.54) is 44.3 Å². The van der Waals surface area contributed by atoms with Gasteiger partial charge >= 0.3 is 0 Å². The van der Waals surface area contributed by atoms with Gasteiger partial charge in [0.1, 0.15) is 5.75 Å². The van der Waals surface area contributed by atoms with Gasteiger partial charge < -0.3 is 19.9 Å². The standard InChI is InChI=1S/C29H37N5O2/c1-3-6-22-7-10-25(11-8-22)36-20-28(35)31-23-9-12-27-26(19-23)21(2)30-29(32-27)34-17-13-24(14-18-34)33-15-4-5-16-33/h7-12,19,24H,3-6,13-18,20H2,1-2H3,(H,31,35). The molecule has 0 radical (unpaired) electrons. The summed E-state index contributed by atoms with van der Waals surface area (Å²) in [5.41, 5.74) is 3.83. The van der Waals surface area contributed by atoms with E-state index in [2.05, 4.69) is 22.0 Å². The third-order valence-corrected chi connectivity index (χ3v) is 7.39. The van der Waals surface area contributed by atoms with Crippen LogP contribution in [0.3, 0.4) is 0 Å². The van der Waals surface area contributed by atoms with Crippen molar-refractivity contribution in [2.24, 2.45) is 0 Å². The first-order chi connectivity index (χ1) is 17.6. The Bertz CT molecular complexity index is 1180. The van der Waals surface area contributed by atoms with Crippen LogP contribution in [0.1, 0.15) is 50.3 Å². The van der Waals surface area contributed by atoms with Crippen molar-refractivity contribution >= 4 is 28.4 Å². The van der Waals surface area contributed by atoms with Crippen molar-refractivity contribution in [1.82, 2.24) is 14.9 Å². The van der Waals surface area contributed by atoms with Gasteiger partial charge in [-0.2, -0.15) is 0 Å². The molecule has 0 atom stereocenters. The highest BCUT2D eigenvalue weighted by Crippen LogP contribution is 2.26. The molecule has 2 aromatic carbocycles. The highest BCUT2D eigenvalue weighted by atomic mass is 16.5. The SMILES string of the molecule is CCCc1ccc(OCC(=O)Nc2ccc3nc(N4CCC(N5CCCC5)CC4)nc(C)c3c2)cc1. The van der Waals surface area contributed by atoms with E-state index in [-0.39, 0.29) is 12.5 Å². The van der Waals surface area contributed by atoms with Crippen molar-refractivity contribution in [2.75, 3.05) is 43.0 Å². The molecular weight excluding hydrogens is 450 g/mol. The molecule has 1 amide bonds. The smallest absolute Gasteiger partial charge is 0.262 e. The molecule has 5 rings (SSSR count). The van der Waals surface area contributed by atoms with Crippen LogP contribution in [0.4, 0.5) is 11.6 Å². The monoisotopic (exact) mass is 487 g/mol. The number of rotatable bonds is 8. The van der Waals surface area contributed by atoms with E-state index >= 15 is 0 Å². The third kappa shape index (κ3) is 5.78. The van der Waals surface area contributed by atoms with Crippen molar-refractivity contribution in [3.05, 3.63) is 53.7 Å². The topological polar surface area (TPSA) is 70.6 Å². The predicted molar refractivity (Wildman–Crippen MR) is 145 cm³/mol. The van der Waals surface area contributed by atoms with Gasteiger partial charge in [-0.25, -0.2) is 9.97 Å². The summed E-state index contributed by atoms with van der Waals surface area (Å²) >= 11 is 0. The largest absolute Gasteiger partial charge is 0.484 e. The number of fused-ring (bicyclic) bond motifs is 1. The zero-order valence-electron chi connectivity index (χ0n) is 21.5. The van der Waals surface area contributed by atoms with Crippen LogP contribution in [0, 0.1) is 6.92 Å². The van der Waals surface area contributed by atoms with Gasteiger partial charge in [-0.05, 0) is 88.0 Å². The lowest BCUT2D eigenvalue weighted by molar-refractivity contribution is -0.118. The Morgan fingerprint density at radius 1 is 1.03 bits per heavy atom. The van der Waals surface area contributed by atoms with E-state index in [9.17, 15) is 4.79 Å². The van der Waals surface area contributed by atoms with Crippen LogP contribution in [0.15, 0.2) is 42.5 Å². The predicted octanol–water partition coefficient (Wildman–Crippen LogP) is 4.97. The van der Waals surface area contributed by atoms with E-state index in [4.69, 9.17) is 14.7 Å². The first-order valence-corrected chi connectivity index (χ1v) is 13.4. The fourth-order valence-corrected chi connectivity index (χ4v) is 5.41. The van der Waals surface area contributed by atoms with E-state index < -0.39 is 0 Å². The number of aryl methyl sites for hydroxylation is 2.